The third-order valence-corrected chi connectivity index (χ3v) is 4.11. The van der Waals surface area contributed by atoms with Gasteiger partial charge in [0.25, 0.3) is 5.91 Å². The predicted molar refractivity (Wildman–Crippen MR) is 88.0 cm³/mol. The number of halogens is 2. The van der Waals surface area contributed by atoms with E-state index in [2.05, 4.69) is 0 Å². The van der Waals surface area contributed by atoms with Gasteiger partial charge >= 0.3 is 0 Å². The molecule has 2 aromatic rings. The first-order chi connectivity index (χ1) is 12.0. The number of benzene rings is 2. The zero-order valence-corrected chi connectivity index (χ0v) is 13.4. The molecule has 0 aromatic heterocycles. The summed E-state index contributed by atoms with van der Waals surface area (Å²) in [5, 5.41) is 10.2. The van der Waals surface area contributed by atoms with Gasteiger partial charge in [0.15, 0.2) is 11.5 Å². The van der Waals surface area contributed by atoms with Crippen molar-refractivity contribution in [3.05, 3.63) is 77.1 Å². The molecule has 4 nitrogen and oxygen atoms in total. The lowest BCUT2D eigenvalue weighted by Gasteiger charge is -2.27. The zero-order chi connectivity index (χ0) is 18.1. The Bertz CT molecular complexity index is 877. The molecule has 1 unspecified atom stereocenters. The van der Waals surface area contributed by atoms with Gasteiger partial charge in [-0.1, -0.05) is 37.3 Å². The van der Waals surface area contributed by atoms with Gasteiger partial charge in [0.05, 0.1) is 17.3 Å². The van der Waals surface area contributed by atoms with E-state index in [9.17, 15) is 23.5 Å². The molecule has 0 spiro atoms. The highest BCUT2D eigenvalue weighted by Gasteiger charge is 2.44. The maximum atomic E-state index is 14.3. The van der Waals surface area contributed by atoms with Crippen molar-refractivity contribution in [3.8, 4) is 0 Å². The molecule has 3 rings (SSSR count). The quantitative estimate of drug-likeness (QED) is 0.917. The van der Waals surface area contributed by atoms with Crippen molar-refractivity contribution in [3.63, 3.8) is 0 Å². The summed E-state index contributed by atoms with van der Waals surface area (Å²) in [7, 11) is 0. The van der Waals surface area contributed by atoms with Gasteiger partial charge in [-0.2, -0.15) is 0 Å². The number of aliphatic hydroxyl groups excluding tert-OH is 1. The molecular weight excluding hydrogens is 328 g/mol. The predicted octanol–water partition coefficient (Wildman–Crippen LogP) is 3.84. The van der Waals surface area contributed by atoms with Crippen LogP contribution in [0.4, 0.5) is 14.5 Å². The standard InChI is InChI=1S/C19H15F2NO3/c1-2-15(23)16-17(11-6-4-3-5-7-11)22(19(25)18(16)24)14-9-8-12(20)10-13(14)21/h3-10,17,24H,2H2,1H3. The van der Waals surface area contributed by atoms with Crippen LogP contribution in [0.5, 0.6) is 0 Å². The molecule has 128 valence electrons. The van der Waals surface area contributed by atoms with Crippen LogP contribution >= 0.6 is 0 Å². The number of nitrogens with zero attached hydrogens (tertiary/aromatic N) is 1. The molecule has 0 saturated carbocycles. The van der Waals surface area contributed by atoms with Crippen LogP contribution in [0.1, 0.15) is 24.9 Å². The SMILES string of the molecule is CCC(=O)C1=C(O)C(=O)N(c2ccc(F)cc2F)C1c1ccccc1. The highest BCUT2D eigenvalue weighted by Crippen LogP contribution is 2.42. The van der Waals surface area contributed by atoms with Crippen molar-refractivity contribution in [2.45, 2.75) is 19.4 Å². The minimum Gasteiger partial charge on any atom is -0.503 e. The van der Waals surface area contributed by atoms with Gasteiger partial charge < -0.3 is 5.11 Å². The lowest BCUT2D eigenvalue weighted by molar-refractivity contribution is -0.118. The normalized spacial score (nSPS) is 17.3. The van der Waals surface area contributed by atoms with Crippen LogP contribution in [0.3, 0.4) is 0 Å². The highest BCUT2D eigenvalue weighted by molar-refractivity contribution is 6.16. The lowest BCUT2D eigenvalue weighted by atomic mass is 9.95. The van der Waals surface area contributed by atoms with Crippen molar-refractivity contribution in [1.82, 2.24) is 0 Å². The van der Waals surface area contributed by atoms with Crippen LogP contribution in [-0.2, 0) is 9.59 Å². The van der Waals surface area contributed by atoms with E-state index in [4.69, 9.17) is 0 Å². The number of hydrogen-bond acceptors (Lipinski definition) is 3. The fourth-order valence-electron chi connectivity index (χ4n) is 2.96. The minimum absolute atomic E-state index is 0.0791. The number of amides is 1. The molecule has 0 saturated heterocycles. The molecule has 2 aromatic carbocycles. The van der Waals surface area contributed by atoms with Gasteiger partial charge in [-0.05, 0) is 17.7 Å². The van der Waals surface area contributed by atoms with Crippen molar-refractivity contribution in [2.24, 2.45) is 0 Å². The number of anilines is 1. The second-order valence-electron chi connectivity index (χ2n) is 5.62. The summed E-state index contributed by atoms with van der Waals surface area (Å²) in [4.78, 5) is 25.9. The molecule has 1 amide bonds. The van der Waals surface area contributed by atoms with Gasteiger partial charge in [-0.15, -0.1) is 0 Å². The highest BCUT2D eigenvalue weighted by atomic mass is 19.1. The maximum absolute atomic E-state index is 14.3. The maximum Gasteiger partial charge on any atom is 0.294 e. The molecule has 0 bridgehead atoms. The van der Waals surface area contributed by atoms with E-state index >= 15 is 0 Å². The second kappa shape index (κ2) is 6.47. The molecule has 6 heteroatoms. The van der Waals surface area contributed by atoms with E-state index in [1.54, 1.807) is 37.3 Å². The smallest absolute Gasteiger partial charge is 0.294 e. The molecule has 1 atom stereocenters. The van der Waals surface area contributed by atoms with Gasteiger partial charge in [0.2, 0.25) is 0 Å². The van der Waals surface area contributed by atoms with E-state index in [-0.39, 0.29) is 17.7 Å². The average molecular weight is 343 g/mol. The monoisotopic (exact) mass is 343 g/mol. The fraction of sp³-hybridized carbons (Fsp3) is 0.158. The Morgan fingerprint density at radius 1 is 1.16 bits per heavy atom. The molecule has 0 fully saturated rings. The average Bonchev–Trinajstić information content (AvgIpc) is 2.87. The van der Waals surface area contributed by atoms with Crippen LogP contribution in [-0.4, -0.2) is 16.8 Å². The Morgan fingerprint density at radius 3 is 2.44 bits per heavy atom. The zero-order valence-electron chi connectivity index (χ0n) is 13.4. The number of ketones is 1. The van der Waals surface area contributed by atoms with Crippen LogP contribution in [0.15, 0.2) is 59.9 Å². The molecular formula is C19H15F2NO3. The number of carbonyl (C=O) groups excluding carboxylic acids is 2. The van der Waals surface area contributed by atoms with E-state index in [0.29, 0.717) is 11.6 Å². The van der Waals surface area contributed by atoms with E-state index in [0.717, 1.165) is 17.0 Å². The largest absolute Gasteiger partial charge is 0.503 e. The van der Waals surface area contributed by atoms with Crippen molar-refractivity contribution >= 4 is 17.4 Å². The molecule has 1 aliphatic heterocycles. The summed E-state index contributed by atoms with van der Waals surface area (Å²) < 4.78 is 27.5. The Labute approximate surface area is 143 Å². The third-order valence-electron chi connectivity index (χ3n) is 4.11. The van der Waals surface area contributed by atoms with Crippen LogP contribution in [0.25, 0.3) is 0 Å². The Morgan fingerprint density at radius 2 is 1.84 bits per heavy atom. The molecule has 0 radical (unpaired) electrons. The van der Waals surface area contributed by atoms with E-state index < -0.39 is 35.1 Å². The Hall–Kier alpha value is -3.02. The summed E-state index contributed by atoms with van der Waals surface area (Å²) in [6.07, 6.45) is 0.0791. The first-order valence-electron chi connectivity index (χ1n) is 7.75. The van der Waals surface area contributed by atoms with Crippen LogP contribution in [0, 0.1) is 11.6 Å². The fourth-order valence-corrected chi connectivity index (χ4v) is 2.96. The first-order valence-corrected chi connectivity index (χ1v) is 7.75. The van der Waals surface area contributed by atoms with Crippen molar-refractivity contribution in [1.29, 1.82) is 0 Å². The van der Waals surface area contributed by atoms with Crippen LogP contribution in [0.2, 0.25) is 0 Å². The summed E-state index contributed by atoms with van der Waals surface area (Å²) >= 11 is 0. The number of rotatable bonds is 4. The minimum atomic E-state index is -0.971. The third kappa shape index (κ3) is 2.80. The summed E-state index contributed by atoms with van der Waals surface area (Å²) in [6.45, 7) is 1.61. The van der Waals surface area contributed by atoms with Crippen LogP contribution < -0.4 is 4.90 Å². The van der Waals surface area contributed by atoms with Gasteiger partial charge in [0.1, 0.15) is 11.6 Å². The Kier molecular flexibility index (Phi) is 4.35. The number of hydrogen-bond donors (Lipinski definition) is 1. The summed E-state index contributed by atoms with van der Waals surface area (Å²) in [5.74, 6) is -3.75. The summed E-state index contributed by atoms with van der Waals surface area (Å²) in [6, 6.07) is 10.3. The molecule has 25 heavy (non-hydrogen) atoms. The lowest BCUT2D eigenvalue weighted by Crippen LogP contribution is -2.31. The molecule has 1 aliphatic rings. The molecule has 0 aliphatic carbocycles. The van der Waals surface area contributed by atoms with Crippen molar-refractivity contribution < 1.29 is 23.5 Å². The van der Waals surface area contributed by atoms with E-state index in [1.165, 1.54) is 0 Å². The first kappa shape index (κ1) is 16.8. The van der Waals surface area contributed by atoms with Crippen molar-refractivity contribution in [2.75, 3.05) is 4.90 Å². The molecule has 1 N–H and O–H groups in total. The number of carbonyl (C=O) groups is 2. The topological polar surface area (TPSA) is 57.6 Å². The Balaban J connectivity index is 2.20. The molecule has 1 heterocycles. The number of Topliss-reactive ketones (excluding diaryl/α,β-unsaturated/α-hetero) is 1. The van der Waals surface area contributed by atoms with Gasteiger partial charge in [-0.25, -0.2) is 8.78 Å². The van der Waals surface area contributed by atoms with Gasteiger partial charge in [-0.3, -0.25) is 14.5 Å². The second-order valence-corrected chi connectivity index (χ2v) is 5.62. The summed E-state index contributed by atoms with van der Waals surface area (Å²) in [5.41, 5.74) is 0.258. The van der Waals surface area contributed by atoms with Gasteiger partial charge in [0, 0.05) is 12.5 Å². The van der Waals surface area contributed by atoms with E-state index in [1.807, 2.05) is 0 Å². The number of aliphatic hydroxyl groups is 1.